The van der Waals surface area contributed by atoms with Crippen molar-refractivity contribution in [1.82, 2.24) is 4.98 Å². The first-order valence-electron chi connectivity index (χ1n) is 5.55. The fourth-order valence-electron chi connectivity index (χ4n) is 1.99. The summed E-state index contributed by atoms with van der Waals surface area (Å²) in [5.74, 6) is -1.18. The molecule has 1 aromatic heterocycles. The average Bonchev–Trinajstić information content (AvgIpc) is 2.66. The number of aromatic amines is 1. The number of carboxylic acid groups (broad SMARTS) is 1. The van der Waals surface area contributed by atoms with Gasteiger partial charge in [-0.1, -0.05) is 13.8 Å². The number of carbonyl (C=O) groups excluding carboxylic acids is 1. The highest BCUT2D eigenvalue weighted by molar-refractivity contribution is 6.01. The molecule has 0 bridgehead atoms. The van der Waals surface area contributed by atoms with Crippen molar-refractivity contribution < 1.29 is 14.7 Å². The fourth-order valence-corrected chi connectivity index (χ4v) is 1.99. The second-order valence-electron chi connectivity index (χ2n) is 5.28. The molecule has 0 spiro atoms. The molecule has 0 aliphatic heterocycles. The maximum Gasteiger partial charge on any atom is 0.354 e. The molecule has 1 aliphatic carbocycles. The molecule has 0 aromatic carbocycles. The smallest absolute Gasteiger partial charge is 0.354 e. The monoisotopic (exact) mass is 236 g/mol. The summed E-state index contributed by atoms with van der Waals surface area (Å²) in [7, 11) is 0. The lowest BCUT2D eigenvalue weighted by Crippen LogP contribution is -2.17. The number of carboxylic acids is 1. The zero-order valence-electron chi connectivity index (χ0n) is 10.1. The first-order valence-corrected chi connectivity index (χ1v) is 5.55. The Kier molecular flexibility index (Phi) is 2.49. The summed E-state index contributed by atoms with van der Waals surface area (Å²) in [4.78, 5) is 25.5. The molecule has 1 heterocycles. The summed E-state index contributed by atoms with van der Waals surface area (Å²) in [5.41, 5.74) is 1.14. The summed E-state index contributed by atoms with van der Waals surface area (Å²) in [5, 5.41) is 11.6. The van der Waals surface area contributed by atoms with Gasteiger partial charge in [0.15, 0.2) is 0 Å². The van der Waals surface area contributed by atoms with Gasteiger partial charge in [-0.15, -0.1) is 0 Å². The van der Waals surface area contributed by atoms with Crippen molar-refractivity contribution in [2.45, 2.75) is 27.2 Å². The van der Waals surface area contributed by atoms with Crippen molar-refractivity contribution in [3.63, 3.8) is 0 Å². The van der Waals surface area contributed by atoms with Gasteiger partial charge in [-0.05, 0) is 24.8 Å². The standard InChI is InChI=1S/C12H16N2O3/c1-6-4-8(9(13-6)11(16)17)14-10(15)7-5-12(7,2)3/h4,7,13H,5H2,1-3H3,(H,14,15)(H,16,17). The van der Waals surface area contributed by atoms with Gasteiger partial charge in [0.1, 0.15) is 5.69 Å². The number of anilines is 1. The quantitative estimate of drug-likeness (QED) is 0.750. The topological polar surface area (TPSA) is 82.2 Å². The molecule has 92 valence electrons. The minimum absolute atomic E-state index is 0.0145. The van der Waals surface area contributed by atoms with Crippen molar-refractivity contribution in [2.75, 3.05) is 5.32 Å². The van der Waals surface area contributed by atoms with Gasteiger partial charge in [-0.2, -0.15) is 0 Å². The second-order valence-corrected chi connectivity index (χ2v) is 5.28. The lowest BCUT2D eigenvalue weighted by Gasteiger charge is -2.05. The van der Waals surface area contributed by atoms with Crippen LogP contribution in [0.1, 0.15) is 36.5 Å². The van der Waals surface area contributed by atoms with E-state index in [1.807, 2.05) is 13.8 Å². The Hall–Kier alpha value is -1.78. The summed E-state index contributed by atoms with van der Waals surface area (Å²) in [6, 6.07) is 1.64. The average molecular weight is 236 g/mol. The Labute approximate surface area is 99.2 Å². The number of carbonyl (C=O) groups is 2. The van der Waals surface area contributed by atoms with E-state index >= 15 is 0 Å². The zero-order valence-corrected chi connectivity index (χ0v) is 10.1. The first-order chi connectivity index (χ1) is 7.81. The molecule has 2 rings (SSSR count). The highest BCUT2D eigenvalue weighted by Gasteiger charge is 2.50. The molecule has 0 saturated heterocycles. The van der Waals surface area contributed by atoms with Gasteiger partial charge in [-0.25, -0.2) is 4.79 Å². The van der Waals surface area contributed by atoms with Crippen LogP contribution in [-0.4, -0.2) is 22.0 Å². The van der Waals surface area contributed by atoms with E-state index in [1.165, 1.54) is 0 Å². The molecular formula is C12H16N2O3. The lowest BCUT2D eigenvalue weighted by atomic mass is 10.1. The van der Waals surface area contributed by atoms with Crippen molar-refractivity contribution in [3.8, 4) is 0 Å². The number of hydrogen-bond donors (Lipinski definition) is 3. The predicted octanol–water partition coefficient (Wildman–Crippen LogP) is 2.01. The molecule has 0 radical (unpaired) electrons. The normalized spacial score (nSPS) is 21.0. The van der Waals surface area contributed by atoms with E-state index in [9.17, 15) is 9.59 Å². The van der Waals surface area contributed by atoms with Crippen LogP contribution in [0, 0.1) is 18.3 Å². The molecule has 17 heavy (non-hydrogen) atoms. The minimum Gasteiger partial charge on any atom is -0.477 e. The third kappa shape index (κ3) is 2.18. The van der Waals surface area contributed by atoms with Crippen LogP contribution in [0.15, 0.2) is 6.07 Å². The predicted molar refractivity (Wildman–Crippen MR) is 63.0 cm³/mol. The van der Waals surface area contributed by atoms with E-state index in [-0.39, 0.29) is 22.9 Å². The van der Waals surface area contributed by atoms with Gasteiger partial charge in [0, 0.05) is 11.6 Å². The summed E-state index contributed by atoms with van der Waals surface area (Å²) in [6.07, 6.45) is 0.852. The van der Waals surface area contributed by atoms with Crippen LogP contribution in [0.3, 0.4) is 0 Å². The highest BCUT2D eigenvalue weighted by Crippen LogP contribution is 2.52. The second kappa shape index (κ2) is 3.61. The van der Waals surface area contributed by atoms with E-state index in [0.717, 1.165) is 6.42 Å². The first kappa shape index (κ1) is 11.7. The Bertz CT molecular complexity index is 488. The van der Waals surface area contributed by atoms with Crippen LogP contribution in [0.2, 0.25) is 0 Å². The largest absolute Gasteiger partial charge is 0.477 e. The molecule has 1 aromatic rings. The van der Waals surface area contributed by atoms with Gasteiger partial charge in [-0.3, -0.25) is 4.79 Å². The van der Waals surface area contributed by atoms with Crippen LogP contribution in [0.4, 0.5) is 5.69 Å². The van der Waals surface area contributed by atoms with Crippen molar-refractivity contribution in [2.24, 2.45) is 11.3 Å². The van der Waals surface area contributed by atoms with Gasteiger partial charge in [0.05, 0.1) is 5.69 Å². The Morgan fingerprint density at radius 3 is 2.59 bits per heavy atom. The molecule has 1 fully saturated rings. The van der Waals surface area contributed by atoms with Gasteiger partial charge >= 0.3 is 5.97 Å². The van der Waals surface area contributed by atoms with Crippen LogP contribution in [0.5, 0.6) is 0 Å². The number of aromatic nitrogens is 1. The summed E-state index contributed by atoms with van der Waals surface area (Å²) < 4.78 is 0. The number of amides is 1. The Balaban J connectivity index is 2.14. The lowest BCUT2D eigenvalue weighted by molar-refractivity contribution is -0.118. The number of nitrogens with one attached hydrogen (secondary N) is 2. The third-order valence-corrected chi connectivity index (χ3v) is 3.25. The van der Waals surface area contributed by atoms with Gasteiger partial charge in [0.2, 0.25) is 5.91 Å². The third-order valence-electron chi connectivity index (χ3n) is 3.25. The van der Waals surface area contributed by atoms with E-state index in [4.69, 9.17) is 5.11 Å². The molecule has 1 atom stereocenters. The van der Waals surface area contributed by atoms with Crippen molar-refractivity contribution >= 4 is 17.6 Å². The van der Waals surface area contributed by atoms with Crippen LogP contribution < -0.4 is 5.32 Å². The van der Waals surface area contributed by atoms with Gasteiger partial charge in [0.25, 0.3) is 0 Å². The number of rotatable bonds is 3. The van der Waals surface area contributed by atoms with Crippen molar-refractivity contribution in [1.29, 1.82) is 0 Å². The fraction of sp³-hybridized carbons (Fsp3) is 0.500. The maximum absolute atomic E-state index is 11.9. The van der Waals surface area contributed by atoms with Crippen molar-refractivity contribution in [3.05, 3.63) is 17.5 Å². The van der Waals surface area contributed by atoms with Crippen LogP contribution >= 0.6 is 0 Å². The summed E-state index contributed by atoms with van der Waals surface area (Å²) in [6.45, 7) is 5.80. The minimum atomic E-state index is -1.07. The number of aryl methyl sites for hydroxylation is 1. The molecule has 5 heteroatoms. The molecule has 1 amide bonds. The number of aromatic carboxylic acids is 1. The SMILES string of the molecule is Cc1cc(NC(=O)C2CC2(C)C)c(C(=O)O)[nH]1. The molecular weight excluding hydrogens is 220 g/mol. The summed E-state index contributed by atoms with van der Waals surface area (Å²) >= 11 is 0. The molecule has 1 aliphatic rings. The van der Waals surface area contributed by atoms with E-state index in [2.05, 4.69) is 10.3 Å². The number of hydrogen-bond acceptors (Lipinski definition) is 2. The Morgan fingerprint density at radius 2 is 2.12 bits per heavy atom. The molecule has 5 nitrogen and oxygen atoms in total. The zero-order chi connectivity index (χ0) is 12.8. The highest BCUT2D eigenvalue weighted by atomic mass is 16.4. The molecule has 3 N–H and O–H groups in total. The number of H-pyrrole nitrogens is 1. The van der Waals surface area contributed by atoms with Crippen LogP contribution in [-0.2, 0) is 4.79 Å². The van der Waals surface area contributed by atoms with E-state index in [1.54, 1.807) is 13.0 Å². The Morgan fingerprint density at radius 1 is 1.53 bits per heavy atom. The van der Waals surface area contributed by atoms with Gasteiger partial charge < -0.3 is 15.4 Å². The van der Waals surface area contributed by atoms with E-state index in [0.29, 0.717) is 11.4 Å². The van der Waals surface area contributed by atoms with E-state index < -0.39 is 5.97 Å². The molecule has 1 unspecified atom stereocenters. The van der Waals surface area contributed by atoms with Crippen LogP contribution in [0.25, 0.3) is 0 Å². The maximum atomic E-state index is 11.9. The molecule has 1 saturated carbocycles.